The molecule has 4 aromatic rings. The lowest BCUT2D eigenvalue weighted by Gasteiger charge is -2.37. The molecule has 9 nitrogen and oxygen atoms in total. The van der Waals surface area contributed by atoms with Gasteiger partial charge in [-0.2, -0.15) is 4.98 Å². The second-order valence-electron chi connectivity index (χ2n) is 11.1. The molecule has 1 heterocycles. The van der Waals surface area contributed by atoms with E-state index < -0.39 is 11.3 Å². The van der Waals surface area contributed by atoms with Gasteiger partial charge in [-0.25, -0.2) is 4.98 Å². The van der Waals surface area contributed by atoms with E-state index in [-0.39, 0.29) is 35.3 Å². The van der Waals surface area contributed by atoms with E-state index in [2.05, 4.69) is 78.8 Å². The average Bonchev–Trinajstić information content (AvgIpc) is 3.03. The quantitative estimate of drug-likeness (QED) is 0.117. The molecular formula is C33H35F3N6O3. The zero-order valence-electron chi connectivity index (χ0n) is 24.6. The van der Waals surface area contributed by atoms with Crippen LogP contribution >= 0.6 is 0 Å². The number of hydrogen-bond donors (Lipinski definition) is 2. The number of aromatic nitrogens is 2. The first-order valence-corrected chi connectivity index (χ1v) is 14.9. The molecule has 5 rings (SSSR count). The maximum atomic E-state index is 12.8. The molecule has 0 spiro atoms. The van der Waals surface area contributed by atoms with Crippen LogP contribution in [0.3, 0.4) is 0 Å². The van der Waals surface area contributed by atoms with Gasteiger partial charge in [0, 0.05) is 37.8 Å². The van der Waals surface area contributed by atoms with Crippen molar-refractivity contribution in [1.29, 1.82) is 0 Å². The number of anilines is 2. The molecule has 0 atom stereocenters. The molecule has 2 N–H and O–H groups in total. The average molecular weight is 621 g/mol. The van der Waals surface area contributed by atoms with Gasteiger partial charge in [0.25, 0.3) is 0 Å². The van der Waals surface area contributed by atoms with Crippen LogP contribution in [-0.2, 0) is 19.6 Å². The van der Waals surface area contributed by atoms with Crippen LogP contribution in [0.5, 0.6) is 5.75 Å². The van der Waals surface area contributed by atoms with Crippen LogP contribution < -0.4 is 15.4 Å². The first-order valence-electron chi connectivity index (χ1n) is 14.9. The van der Waals surface area contributed by atoms with Gasteiger partial charge in [-0.15, -0.1) is 13.2 Å². The van der Waals surface area contributed by atoms with Gasteiger partial charge in [-0.3, -0.25) is 15.0 Å². The minimum atomic E-state index is -4.84. The van der Waals surface area contributed by atoms with Crippen molar-refractivity contribution in [2.45, 2.75) is 57.7 Å². The summed E-state index contributed by atoms with van der Waals surface area (Å²) in [6.45, 7) is 2.15. The topological polar surface area (TPSA) is 105 Å². The normalized spacial score (nSPS) is 16.7. The first kappa shape index (κ1) is 31.7. The molecule has 0 radical (unpaired) electrons. The Bertz CT molecular complexity index is 1490. The lowest BCUT2D eigenvalue weighted by molar-refractivity contribution is -0.384. The molecule has 236 valence electrons. The maximum absolute atomic E-state index is 12.8. The fourth-order valence-electron chi connectivity index (χ4n) is 5.68. The number of alkyl halides is 3. The van der Waals surface area contributed by atoms with E-state index in [1.54, 1.807) is 6.07 Å². The molecule has 45 heavy (non-hydrogen) atoms. The van der Waals surface area contributed by atoms with Crippen LogP contribution in [0.1, 0.15) is 42.4 Å². The highest BCUT2D eigenvalue weighted by Crippen LogP contribution is 2.31. The second-order valence-corrected chi connectivity index (χ2v) is 11.1. The minimum absolute atomic E-state index is 0.0473. The van der Waals surface area contributed by atoms with Gasteiger partial charge in [0.15, 0.2) is 0 Å². The molecule has 3 aromatic carbocycles. The zero-order chi connectivity index (χ0) is 31.6. The van der Waals surface area contributed by atoms with Gasteiger partial charge < -0.3 is 15.4 Å². The third-order valence-electron chi connectivity index (χ3n) is 7.95. The van der Waals surface area contributed by atoms with E-state index in [0.29, 0.717) is 18.5 Å². The van der Waals surface area contributed by atoms with Crippen LogP contribution in [0, 0.1) is 16.0 Å². The van der Waals surface area contributed by atoms with Crippen molar-refractivity contribution >= 4 is 17.5 Å². The number of benzene rings is 3. The number of nitrogens with one attached hydrogen (secondary N) is 2. The smallest absolute Gasteiger partial charge is 0.405 e. The number of hydrogen-bond acceptors (Lipinski definition) is 8. The molecule has 12 heteroatoms. The third-order valence-corrected chi connectivity index (χ3v) is 7.95. The monoisotopic (exact) mass is 620 g/mol. The molecule has 1 saturated carbocycles. The number of nitro groups is 1. The molecule has 0 saturated heterocycles. The largest absolute Gasteiger partial charge is 0.573 e. The number of nitrogens with zero attached hydrogens (tertiary/aromatic N) is 4. The third kappa shape index (κ3) is 9.39. The van der Waals surface area contributed by atoms with Crippen molar-refractivity contribution < 1.29 is 22.8 Å². The van der Waals surface area contributed by atoms with Crippen LogP contribution in [0.15, 0.2) is 91.1 Å². The van der Waals surface area contributed by atoms with Crippen LogP contribution in [0.4, 0.5) is 30.6 Å². The number of para-hydroxylation sites is 1. The zero-order valence-corrected chi connectivity index (χ0v) is 24.6. The Morgan fingerprint density at radius 1 is 0.867 bits per heavy atom. The molecule has 1 aliphatic rings. The van der Waals surface area contributed by atoms with Crippen LogP contribution in [-0.4, -0.2) is 38.7 Å². The van der Waals surface area contributed by atoms with Crippen molar-refractivity contribution in [3.8, 4) is 5.75 Å². The van der Waals surface area contributed by atoms with Crippen molar-refractivity contribution in [3.63, 3.8) is 0 Å². The Balaban J connectivity index is 1.19. The highest BCUT2D eigenvalue weighted by Gasteiger charge is 2.32. The Kier molecular flexibility index (Phi) is 10.5. The lowest BCUT2D eigenvalue weighted by atomic mass is 9.85. The second kappa shape index (κ2) is 14.8. The summed E-state index contributed by atoms with van der Waals surface area (Å²) in [4.78, 5) is 22.0. The van der Waals surface area contributed by atoms with Gasteiger partial charge >= 0.3 is 12.0 Å². The molecule has 1 fully saturated rings. The Hall–Kier alpha value is -4.71. The van der Waals surface area contributed by atoms with Crippen molar-refractivity contribution in [1.82, 2.24) is 14.9 Å². The Morgan fingerprint density at radius 3 is 2.07 bits per heavy atom. The molecular weight excluding hydrogens is 585 g/mol. The fourth-order valence-corrected chi connectivity index (χ4v) is 5.68. The van der Waals surface area contributed by atoms with Gasteiger partial charge in [0.1, 0.15) is 11.9 Å². The summed E-state index contributed by atoms with van der Waals surface area (Å²) < 4.78 is 42.5. The van der Waals surface area contributed by atoms with Gasteiger partial charge in [-0.1, -0.05) is 78.9 Å². The fraction of sp³-hybridized carbons (Fsp3) is 0.333. The molecule has 0 unspecified atom stereocenters. The predicted molar refractivity (Wildman–Crippen MR) is 166 cm³/mol. The Morgan fingerprint density at radius 2 is 1.47 bits per heavy atom. The molecule has 0 amide bonds. The predicted octanol–water partition coefficient (Wildman–Crippen LogP) is 7.57. The lowest BCUT2D eigenvalue weighted by Crippen LogP contribution is -2.38. The number of rotatable bonds is 13. The first-order chi connectivity index (χ1) is 21.7. The summed E-state index contributed by atoms with van der Waals surface area (Å²) in [6.07, 6.45) is 0.180. The number of halogens is 3. The van der Waals surface area contributed by atoms with E-state index in [0.717, 1.165) is 45.0 Å². The molecule has 1 aliphatic carbocycles. The molecule has 0 bridgehead atoms. The van der Waals surface area contributed by atoms with Gasteiger partial charge in [-0.05, 0) is 48.8 Å². The maximum Gasteiger partial charge on any atom is 0.573 e. The summed E-state index contributed by atoms with van der Waals surface area (Å²) in [5, 5.41) is 17.7. The van der Waals surface area contributed by atoms with E-state index in [1.165, 1.54) is 29.3 Å². The highest BCUT2D eigenvalue weighted by atomic mass is 19.4. The van der Waals surface area contributed by atoms with E-state index in [9.17, 15) is 23.3 Å². The Labute approximate surface area is 259 Å². The summed E-state index contributed by atoms with van der Waals surface area (Å²) in [5.74, 6) is 0.0636. The summed E-state index contributed by atoms with van der Waals surface area (Å²) >= 11 is 0. The summed E-state index contributed by atoms with van der Waals surface area (Å²) in [5.41, 5.74) is 2.51. The van der Waals surface area contributed by atoms with Gasteiger partial charge in [0.05, 0.1) is 4.92 Å². The summed E-state index contributed by atoms with van der Waals surface area (Å²) in [7, 11) is 0. The number of ether oxygens (including phenoxy) is 1. The van der Waals surface area contributed by atoms with Crippen molar-refractivity contribution in [2.75, 3.05) is 17.2 Å². The minimum Gasteiger partial charge on any atom is -0.405 e. The molecule has 1 aromatic heterocycles. The SMILES string of the molecule is O=[N+]([O-])c1cnc(NCc2ccccc2OC(F)(F)F)nc1NCC1CCC(N(Cc2ccccc2)Cc2ccccc2)CC1. The van der Waals surface area contributed by atoms with Gasteiger partial charge in [0.2, 0.25) is 11.8 Å². The van der Waals surface area contributed by atoms with E-state index in [1.807, 2.05) is 12.1 Å². The molecule has 0 aliphatic heterocycles. The van der Waals surface area contributed by atoms with Crippen LogP contribution in [0.25, 0.3) is 0 Å². The van der Waals surface area contributed by atoms with E-state index in [4.69, 9.17) is 0 Å². The highest BCUT2D eigenvalue weighted by molar-refractivity contribution is 5.57. The summed E-state index contributed by atoms with van der Waals surface area (Å²) in [6, 6.07) is 27.0. The van der Waals surface area contributed by atoms with Crippen LogP contribution in [0.2, 0.25) is 0 Å². The standard InChI is InChI=1S/C33H35F3N6O3/c34-33(35,36)45-30-14-8-7-13-27(30)20-38-32-39-21-29(42(43)44)31(40-32)37-19-24-15-17-28(18-16-24)41(22-25-9-3-1-4-10-25)23-26-11-5-2-6-12-26/h1-14,21,24,28H,15-20,22-23H2,(H2,37,38,39,40). The van der Waals surface area contributed by atoms with E-state index >= 15 is 0 Å². The van der Waals surface area contributed by atoms with Crippen molar-refractivity contribution in [2.24, 2.45) is 5.92 Å². The van der Waals surface area contributed by atoms with Crippen molar-refractivity contribution in [3.05, 3.63) is 118 Å².